The molecule has 4 rings (SSSR count). The van der Waals surface area contributed by atoms with Crippen LogP contribution in [-0.4, -0.2) is 25.3 Å². The molecule has 3 aromatic rings. The molecule has 0 radical (unpaired) electrons. The third kappa shape index (κ3) is 5.38. The van der Waals surface area contributed by atoms with Crippen LogP contribution in [0.3, 0.4) is 0 Å². The maximum absolute atomic E-state index is 14.8. The predicted octanol–water partition coefficient (Wildman–Crippen LogP) is 5.03. The monoisotopic (exact) mass is 522 g/mol. The number of carbonyl (C=O) groups excluding carboxylic acids is 2. The van der Waals surface area contributed by atoms with Gasteiger partial charge in [-0.2, -0.15) is 17.7 Å². The number of esters is 1. The van der Waals surface area contributed by atoms with Gasteiger partial charge in [0.05, 0.1) is 16.8 Å². The molecule has 1 atom stereocenters. The highest BCUT2D eigenvalue weighted by Crippen LogP contribution is 2.39. The van der Waals surface area contributed by atoms with E-state index in [1.54, 1.807) is 12.1 Å². The van der Waals surface area contributed by atoms with Crippen LogP contribution in [0.1, 0.15) is 18.1 Å². The molecule has 0 spiro atoms. The first-order valence-electron chi connectivity index (χ1n) is 10.9. The molecular formula is C25H21F5N3O4+. The first-order valence-corrected chi connectivity index (χ1v) is 10.9. The zero-order chi connectivity index (χ0) is 26.9. The Bertz CT molecular complexity index is 1360. The van der Waals surface area contributed by atoms with Crippen molar-refractivity contribution in [3.05, 3.63) is 77.5 Å². The number of ether oxygens (including phenoxy) is 2. The molecule has 1 N–H and O–H groups in total. The van der Waals surface area contributed by atoms with E-state index in [1.165, 1.54) is 43.0 Å². The largest absolute Gasteiger partial charge is 0.416 e. The molecule has 1 aliphatic rings. The fraction of sp³-hybridized carbons (Fsp3) is 0.240. The van der Waals surface area contributed by atoms with Gasteiger partial charge in [-0.3, -0.25) is 9.69 Å². The molecule has 0 fully saturated rings. The predicted molar refractivity (Wildman–Crippen MR) is 121 cm³/mol. The average molecular weight is 522 g/mol. The van der Waals surface area contributed by atoms with Crippen LogP contribution >= 0.6 is 0 Å². The molecule has 12 heteroatoms. The zero-order valence-corrected chi connectivity index (χ0v) is 19.6. The standard InChI is InChI=1S/C25H20F5N3O4/c1-14(34)37-13-32-8-4-3-5-20(32)18-11-17(12-19(26)23(18)27)31-24(35)33-21-10-16(25(28,29)30)7-6-15(21)9-22(33)36-2/h3-8,10-12,22H,9,13H2,1-2H3/p+1. The molecule has 2 amide bonds. The summed E-state index contributed by atoms with van der Waals surface area (Å²) in [7, 11) is 1.30. The number of anilines is 2. The number of carbonyl (C=O) groups is 2. The second-order valence-electron chi connectivity index (χ2n) is 8.18. The molecule has 7 nitrogen and oxygen atoms in total. The molecule has 0 aliphatic carbocycles. The maximum Gasteiger partial charge on any atom is 0.416 e. The highest BCUT2D eigenvalue weighted by molar-refractivity contribution is 6.03. The normalized spacial score (nSPS) is 14.9. The van der Waals surface area contributed by atoms with Crippen molar-refractivity contribution >= 4 is 23.4 Å². The highest BCUT2D eigenvalue weighted by atomic mass is 19.4. The molecule has 194 valence electrons. The van der Waals surface area contributed by atoms with Crippen molar-refractivity contribution in [3.8, 4) is 11.3 Å². The van der Waals surface area contributed by atoms with E-state index < -0.39 is 41.6 Å². The van der Waals surface area contributed by atoms with E-state index >= 15 is 0 Å². The first-order chi connectivity index (χ1) is 17.5. The fourth-order valence-corrected chi connectivity index (χ4v) is 4.03. The number of benzene rings is 2. The van der Waals surface area contributed by atoms with Crippen molar-refractivity contribution < 1.29 is 45.6 Å². The van der Waals surface area contributed by atoms with E-state index in [0.717, 1.165) is 23.1 Å². The second-order valence-corrected chi connectivity index (χ2v) is 8.18. The number of pyridine rings is 1. The van der Waals surface area contributed by atoms with Gasteiger partial charge in [0.1, 0.15) is 6.23 Å². The number of nitrogens with zero attached hydrogens (tertiary/aromatic N) is 2. The van der Waals surface area contributed by atoms with E-state index in [2.05, 4.69) is 5.32 Å². The Morgan fingerprint density at radius 2 is 1.89 bits per heavy atom. The number of urea groups is 1. The van der Waals surface area contributed by atoms with Crippen molar-refractivity contribution in [2.45, 2.75) is 32.5 Å². The minimum atomic E-state index is -4.63. The lowest BCUT2D eigenvalue weighted by Crippen LogP contribution is -2.41. The van der Waals surface area contributed by atoms with E-state index in [0.29, 0.717) is 5.56 Å². The molecule has 37 heavy (non-hydrogen) atoms. The van der Waals surface area contributed by atoms with Crippen LogP contribution in [0.25, 0.3) is 11.3 Å². The number of halogens is 5. The third-order valence-corrected chi connectivity index (χ3v) is 5.75. The van der Waals surface area contributed by atoms with Crippen LogP contribution in [-0.2, 0) is 33.6 Å². The van der Waals surface area contributed by atoms with Gasteiger partial charge in [-0.1, -0.05) is 6.07 Å². The number of alkyl halides is 3. The van der Waals surface area contributed by atoms with E-state index in [-0.39, 0.29) is 35.8 Å². The summed E-state index contributed by atoms with van der Waals surface area (Å²) in [5, 5.41) is 2.42. The Kier molecular flexibility index (Phi) is 7.12. The van der Waals surface area contributed by atoms with E-state index in [4.69, 9.17) is 9.47 Å². The van der Waals surface area contributed by atoms with Crippen molar-refractivity contribution in [1.29, 1.82) is 0 Å². The van der Waals surface area contributed by atoms with Crippen LogP contribution in [0.4, 0.5) is 38.1 Å². The Balaban J connectivity index is 1.68. The summed E-state index contributed by atoms with van der Waals surface area (Å²) in [6.07, 6.45) is -3.92. The van der Waals surface area contributed by atoms with Gasteiger partial charge in [-0.05, 0) is 29.8 Å². The Morgan fingerprint density at radius 1 is 1.14 bits per heavy atom. The van der Waals surface area contributed by atoms with Crippen molar-refractivity contribution in [2.24, 2.45) is 0 Å². The lowest BCUT2D eigenvalue weighted by molar-refractivity contribution is -0.717. The lowest BCUT2D eigenvalue weighted by atomic mass is 10.1. The maximum atomic E-state index is 14.8. The minimum absolute atomic E-state index is 0.00994. The number of nitrogens with one attached hydrogen (secondary N) is 1. The van der Waals surface area contributed by atoms with Gasteiger partial charge >= 0.3 is 18.2 Å². The van der Waals surface area contributed by atoms with Gasteiger partial charge in [-0.25, -0.2) is 13.6 Å². The zero-order valence-electron chi connectivity index (χ0n) is 19.6. The topological polar surface area (TPSA) is 71.8 Å². The van der Waals surface area contributed by atoms with Gasteiger partial charge in [0.15, 0.2) is 17.8 Å². The summed E-state index contributed by atoms with van der Waals surface area (Å²) in [6, 6.07) is 8.66. The van der Waals surface area contributed by atoms with Gasteiger partial charge < -0.3 is 14.8 Å². The second kappa shape index (κ2) is 10.1. The molecule has 1 aliphatic heterocycles. The number of amides is 2. The van der Waals surface area contributed by atoms with Gasteiger partial charge in [0.2, 0.25) is 5.69 Å². The average Bonchev–Trinajstić information content (AvgIpc) is 3.22. The van der Waals surface area contributed by atoms with Crippen LogP contribution in [0.15, 0.2) is 54.7 Å². The van der Waals surface area contributed by atoms with Crippen molar-refractivity contribution in [3.63, 3.8) is 0 Å². The van der Waals surface area contributed by atoms with Crippen molar-refractivity contribution in [1.82, 2.24) is 0 Å². The quantitative estimate of drug-likeness (QED) is 0.290. The molecular weight excluding hydrogens is 501 g/mol. The molecule has 0 saturated carbocycles. The van der Waals surface area contributed by atoms with Crippen LogP contribution in [0, 0.1) is 11.6 Å². The molecule has 0 bridgehead atoms. The lowest BCUT2D eigenvalue weighted by Gasteiger charge is -2.25. The number of hydrogen-bond donors (Lipinski definition) is 1. The number of rotatable bonds is 5. The third-order valence-electron chi connectivity index (χ3n) is 5.75. The molecule has 1 aromatic heterocycles. The number of methoxy groups -OCH3 is 1. The molecule has 0 saturated heterocycles. The van der Waals surface area contributed by atoms with Crippen LogP contribution < -0.4 is 14.8 Å². The van der Waals surface area contributed by atoms with Crippen molar-refractivity contribution in [2.75, 3.05) is 17.3 Å². The SMILES string of the molecule is COC1Cc2ccc(C(F)(F)F)cc2N1C(=O)Nc1cc(F)c(F)c(-c2cccc[n+]2COC(C)=O)c1. The summed E-state index contributed by atoms with van der Waals surface area (Å²) in [6.45, 7) is 0.922. The summed E-state index contributed by atoms with van der Waals surface area (Å²) >= 11 is 0. The first kappa shape index (κ1) is 26.0. The van der Waals surface area contributed by atoms with E-state index in [1.807, 2.05) is 0 Å². The van der Waals surface area contributed by atoms with Gasteiger partial charge in [0, 0.05) is 44.3 Å². The van der Waals surface area contributed by atoms with Gasteiger partial charge in [0.25, 0.3) is 6.73 Å². The summed E-state index contributed by atoms with van der Waals surface area (Å²) < 4.78 is 80.8. The number of hydrogen-bond acceptors (Lipinski definition) is 4. The molecule has 2 heterocycles. The molecule has 1 unspecified atom stereocenters. The fourth-order valence-electron chi connectivity index (χ4n) is 4.03. The van der Waals surface area contributed by atoms with Crippen LogP contribution in [0.5, 0.6) is 0 Å². The Hall–Kier alpha value is -4.06. The molecule has 2 aromatic carbocycles. The summed E-state index contributed by atoms with van der Waals surface area (Å²) in [5.41, 5.74) is -0.754. The van der Waals surface area contributed by atoms with Crippen LogP contribution in [0.2, 0.25) is 0 Å². The summed E-state index contributed by atoms with van der Waals surface area (Å²) in [4.78, 5) is 25.4. The minimum Gasteiger partial charge on any atom is -0.405 e. The summed E-state index contributed by atoms with van der Waals surface area (Å²) in [5.74, 6) is -3.07. The van der Waals surface area contributed by atoms with E-state index in [9.17, 15) is 31.5 Å². The smallest absolute Gasteiger partial charge is 0.405 e. The number of aromatic nitrogens is 1. The Morgan fingerprint density at radius 3 is 2.57 bits per heavy atom. The Labute approximate surface area is 208 Å². The number of fused-ring (bicyclic) bond motifs is 1. The highest BCUT2D eigenvalue weighted by Gasteiger charge is 2.38. The van der Waals surface area contributed by atoms with Gasteiger partial charge in [-0.15, -0.1) is 0 Å².